The van der Waals surface area contributed by atoms with Gasteiger partial charge in [0, 0.05) is 13.1 Å². The summed E-state index contributed by atoms with van der Waals surface area (Å²) in [7, 11) is -1.60. The van der Waals surface area contributed by atoms with Crippen LogP contribution in [0.4, 0.5) is 0 Å². The summed E-state index contributed by atoms with van der Waals surface area (Å²) in [5.74, 6) is 0. The lowest BCUT2D eigenvalue weighted by Crippen LogP contribution is -2.28. The van der Waals surface area contributed by atoms with Crippen molar-refractivity contribution in [1.29, 1.82) is 0 Å². The fourth-order valence-electron chi connectivity index (χ4n) is 1.70. The molecule has 0 unspecified atom stereocenters. The highest BCUT2D eigenvalue weighted by molar-refractivity contribution is 7.89. The number of hydrogen-bond donors (Lipinski definition) is 0. The number of sulfonamides is 1. The van der Waals surface area contributed by atoms with Crippen LogP contribution in [-0.2, 0) is 16.4 Å². The third-order valence-electron chi connectivity index (χ3n) is 3.07. The Kier molecular flexibility index (Phi) is 3.04. The zero-order valence-electron chi connectivity index (χ0n) is 9.68. The van der Waals surface area contributed by atoms with E-state index in [0.29, 0.717) is 4.90 Å². The molecule has 0 bridgehead atoms. The van der Waals surface area contributed by atoms with Gasteiger partial charge in [0.05, 0.1) is 4.90 Å². The fraction of sp³-hybridized carbons (Fsp3) is 0.500. The van der Waals surface area contributed by atoms with Crippen molar-refractivity contribution < 1.29 is 8.42 Å². The van der Waals surface area contributed by atoms with Crippen molar-refractivity contribution in [2.24, 2.45) is 0 Å². The first-order valence-electron chi connectivity index (χ1n) is 5.62. The van der Waals surface area contributed by atoms with Crippen molar-refractivity contribution in [3.05, 3.63) is 29.8 Å². The summed E-state index contributed by atoms with van der Waals surface area (Å²) in [6.07, 6.45) is 2.91. The summed E-state index contributed by atoms with van der Waals surface area (Å²) in [4.78, 5) is 0.402. The second kappa shape index (κ2) is 4.18. The Morgan fingerprint density at radius 1 is 1.25 bits per heavy atom. The minimum atomic E-state index is -3.27. The molecule has 4 heteroatoms. The molecule has 0 heterocycles. The summed E-state index contributed by atoms with van der Waals surface area (Å²) >= 11 is 0. The largest absolute Gasteiger partial charge is 0.243 e. The highest BCUT2D eigenvalue weighted by atomic mass is 32.2. The first-order valence-corrected chi connectivity index (χ1v) is 7.06. The molecular weight excluding hydrogens is 222 g/mol. The Labute approximate surface area is 97.1 Å². The molecule has 0 aromatic heterocycles. The van der Waals surface area contributed by atoms with Crippen molar-refractivity contribution in [2.45, 2.75) is 37.1 Å². The minimum absolute atomic E-state index is 0.218. The predicted octanol–water partition coefficient (Wildman–Crippen LogP) is 2.03. The maximum absolute atomic E-state index is 12.1. The topological polar surface area (TPSA) is 37.4 Å². The van der Waals surface area contributed by atoms with E-state index in [1.807, 2.05) is 12.1 Å². The number of nitrogens with zero attached hydrogens (tertiary/aromatic N) is 1. The van der Waals surface area contributed by atoms with Crippen LogP contribution in [0.2, 0.25) is 0 Å². The Morgan fingerprint density at radius 3 is 2.25 bits per heavy atom. The zero-order chi connectivity index (χ0) is 11.8. The molecule has 0 N–H and O–H groups in total. The maximum Gasteiger partial charge on any atom is 0.243 e. The third kappa shape index (κ3) is 2.13. The van der Waals surface area contributed by atoms with E-state index in [4.69, 9.17) is 0 Å². The van der Waals surface area contributed by atoms with E-state index in [0.717, 1.165) is 24.8 Å². The highest BCUT2D eigenvalue weighted by Gasteiger charge is 2.34. The van der Waals surface area contributed by atoms with E-state index in [1.54, 1.807) is 19.2 Å². The van der Waals surface area contributed by atoms with Crippen LogP contribution in [0, 0.1) is 0 Å². The molecule has 1 aliphatic carbocycles. The van der Waals surface area contributed by atoms with Crippen LogP contribution in [-0.4, -0.2) is 25.8 Å². The van der Waals surface area contributed by atoms with Crippen molar-refractivity contribution in [3.8, 4) is 0 Å². The third-order valence-corrected chi connectivity index (χ3v) is 4.99. The molecule has 1 fully saturated rings. The Bertz CT molecular complexity index is 460. The van der Waals surface area contributed by atoms with Gasteiger partial charge >= 0.3 is 0 Å². The zero-order valence-corrected chi connectivity index (χ0v) is 10.5. The van der Waals surface area contributed by atoms with Gasteiger partial charge < -0.3 is 0 Å². The monoisotopic (exact) mass is 239 g/mol. The second-order valence-corrected chi connectivity index (χ2v) is 6.25. The summed E-state index contributed by atoms with van der Waals surface area (Å²) in [5.41, 5.74) is 1.16. The average Bonchev–Trinajstić information content (AvgIpc) is 3.12. The minimum Gasteiger partial charge on any atom is -0.207 e. The fourth-order valence-corrected chi connectivity index (χ4v) is 3.11. The number of benzene rings is 1. The van der Waals surface area contributed by atoms with Crippen LogP contribution >= 0.6 is 0 Å². The lowest BCUT2D eigenvalue weighted by atomic mass is 10.2. The molecule has 16 heavy (non-hydrogen) atoms. The first-order chi connectivity index (χ1) is 7.55. The van der Waals surface area contributed by atoms with Crippen LogP contribution in [0.15, 0.2) is 29.2 Å². The van der Waals surface area contributed by atoms with Gasteiger partial charge in [0.1, 0.15) is 0 Å². The number of aryl methyl sites for hydroxylation is 1. The molecular formula is C12H17NO2S. The molecule has 0 atom stereocenters. The molecule has 1 aliphatic rings. The van der Waals surface area contributed by atoms with Gasteiger partial charge in [-0.15, -0.1) is 0 Å². The van der Waals surface area contributed by atoms with Gasteiger partial charge in [0.25, 0.3) is 0 Å². The molecule has 2 rings (SSSR count). The molecule has 0 saturated heterocycles. The quantitative estimate of drug-likeness (QED) is 0.806. The summed E-state index contributed by atoms with van der Waals surface area (Å²) in [5, 5.41) is 0. The Hall–Kier alpha value is -0.870. The van der Waals surface area contributed by atoms with Crippen LogP contribution in [0.1, 0.15) is 25.3 Å². The van der Waals surface area contributed by atoms with Crippen LogP contribution in [0.3, 0.4) is 0 Å². The molecule has 0 amide bonds. The standard InChI is InChI=1S/C12H17NO2S/c1-3-10-4-8-12(9-5-10)16(14,15)13(2)11-6-7-11/h4-5,8-9,11H,3,6-7H2,1-2H3. The van der Waals surface area contributed by atoms with Gasteiger partial charge in [0.2, 0.25) is 10.0 Å². The summed E-state index contributed by atoms with van der Waals surface area (Å²) < 4.78 is 25.8. The molecule has 1 aromatic rings. The molecule has 1 saturated carbocycles. The average molecular weight is 239 g/mol. The SMILES string of the molecule is CCc1ccc(S(=O)(=O)N(C)C2CC2)cc1. The molecule has 0 spiro atoms. The second-order valence-electron chi connectivity index (χ2n) is 4.25. The van der Waals surface area contributed by atoms with Crippen molar-refractivity contribution in [3.63, 3.8) is 0 Å². The van der Waals surface area contributed by atoms with E-state index in [9.17, 15) is 8.42 Å². The molecule has 0 aliphatic heterocycles. The van der Waals surface area contributed by atoms with Crippen molar-refractivity contribution in [2.75, 3.05) is 7.05 Å². The van der Waals surface area contributed by atoms with Crippen molar-refractivity contribution >= 4 is 10.0 Å². The predicted molar refractivity (Wildman–Crippen MR) is 63.8 cm³/mol. The number of hydrogen-bond acceptors (Lipinski definition) is 2. The van der Waals surface area contributed by atoms with E-state index in [-0.39, 0.29) is 6.04 Å². The molecule has 88 valence electrons. The smallest absolute Gasteiger partial charge is 0.207 e. The van der Waals surface area contributed by atoms with Crippen LogP contribution in [0.25, 0.3) is 0 Å². The highest BCUT2D eigenvalue weighted by Crippen LogP contribution is 2.30. The van der Waals surface area contributed by atoms with Gasteiger partial charge in [-0.1, -0.05) is 19.1 Å². The molecule has 1 aromatic carbocycles. The lowest BCUT2D eigenvalue weighted by molar-refractivity contribution is 0.464. The Morgan fingerprint density at radius 2 is 1.81 bits per heavy atom. The van der Waals surface area contributed by atoms with Gasteiger partial charge in [-0.2, -0.15) is 4.31 Å². The Balaban J connectivity index is 2.27. The molecule has 0 radical (unpaired) electrons. The maximum atomic E-state index is 12.1. The first kappa shape index (κ1) is 11.6. The van der Waals surface area contributed by atoms with Crippen molar-refractivity contribution in [1.82, 2.24) is 4.31 Å². The van der Waals surface area contributed by atoms with Gasteiger partial charge in [-0.05, 0) is 37.0 Å². The van der Waals surface area contributed by atoms with E-state index < -0.39 is 10.0 Å². The number of rotatable bonds is 4. The normalized spacial score (nSPS) is 16.7. The van der Waals surface area contributed by atoms with Gasteiger partial charge in [0.15, 0.2) is 0 Å². The van der Waals surface area contributed by atoms with Crippen LogP contribution < -0.4 is 0 Å². The molecule has 3 nitrogen and oxygen atoms in total. The van der Waals surface area contributed by atoms with E-state index in [1.165, 1.54) is 4.31 Å². The summed E-state index contributed by atoms with van der Waals surface area (Å²) in [6, 6.07) is 7.39. The van der Waals surface area contributed by atoms with Crippen LogP contribution in [0.5, 0.6) is 0 Å². The van der Waals surface area contributed by atoms with E-state index in [2.05, 4.69) is 6.92 Å². The van der Waals surface area contributed by atoms with E-state index >= 15 is 0 Å². The lowest BCUT2D eigenvalue weighted by Gasteiger charge is -2.16. The summed E-state index contributed by atoms with van der Waals surface area (Å²) in [6.45, 7) is 2.06. The van der Waals surface area contributed by atoms with Gasteiger partial charge in [-0.3, -0.25) is 0 Å². The van der Waals surface area contributed by atoms with Gasteiger partial charge in [-0.25, -0.2) is 8.42 Å².